The van der Waals surface area contributed by atoms with Gasteiger partial charge in [0.2, 0.25) is 0 Å². The number of methoxy groups -OCH3 is 1. The summed E-state index contributed by atoms with van der Waals surface area (Å²) < 4.78 is 45.3. The van der Waals surface area contributed by atoms with Gasteiger partial charge in [0.25, 0.3) is 0 Å². The van der Waals surface area contributed by atoms with Crippen LogP contribution in [0.3, 0.4) is 0 Å². The number of aliphatic hydroxyl groups is 4. The molecule has 4 heterocycles. The lowest BCUT2D eigenvalue weighted by molar-refractivity contribution is -0.338. The standard InChI is InChI=1S/C41H77N3O12/c1-16-30-40(11,49)34(46)26(6)44(14)20-22(2)18-38(9,48)35(55-37-32(45)29(43(12)13)17-23(3)51-37)24(4)33(25(5)36(47)53-30)54-31-19-39(10,50-15)41(27(7)52-31)21-42-28(8)56-41/h22-35,37,42,45-46,48-49H,16-21H2,1-15H3/t22-,23-,24+,25-,26-,27+,28?,29+,30-,31?,32-,33+,34-,35-,37+,38-,39-,40-,41+/m1/s1. The van der Waals surface area contributed by atoms with Crippen LogP contribution in [0.5, 0.6) is 0 Å². The van der Waals surface area contributed by atoms with Crippen molar-refractivity contribution in [2.45, 2.75) is 198 Å². The van der Waals surface area contributed by atoms with E-state index in [-0.39, 0.29) is 43.6 Å². The van der Waals surface area contributed by atoms with Crippen LogP contribution in [-0.2, 0) is 38.0 Å². The Morgan fingerprint density at radius 1 is 0.982 bits per heavy atom. The van der Waals surface area contributed by atoms with Crippen molar-refractivity contribution in [3.05, 3.63) is 0 Å². The summed E-state index contributed by atoms with van der Waals surface area (Å²) in [5.74, 6) is -2.52. The lowest BCUT2D eigenvalue weighted by atomic mass is 9.75. The number of hydrogen-bond donors (Lipinski definition) is 5. The molecule has 0 aromatic heterocycles. The highest BCUT2D eigenvalue weighted by Crippen LogP contribution is 2.47. The third-order valence-electron chi connectivity index (χ3n) is 13.7. The van der Waals surface area contributed by atoms with Crippen molar-refractivity contribution in [3.63, 3.8) is 0 Å². The zero-order valence-electron chi connectivity index (χ0n) is 36.9. The number of likely N-dealkylation sites (N-methyl/N-ethyl adjacent to an activating group) is 2. The molecule has 1 spiro atoms. The molecule has 4 aliphatic heterocycles. The maximum absolute atomic E-state index is 14.4. The topological polar surface area (TPSA) is 181 Å². The van der Waals surface area contributed by atoms with E-state index in [0.717, 1.165) is 0 Å². The number of aliphatic hydroxyl groups excluding tert-OH is 2. The van der Waals surface area contributed by atoms with Crippen molar-refractivity contribution in [1.29, 1.82) is 0 Å². The Hall–Kier alpha value is -1.05. The van der Waals surface area contributed by atoms with Crippen LogP contribution < -0.4 is 5.32 Å². The number of hydrogen-bond acceptors (Lipinski definition) is 15. The highest BCUT2D eigenvalue weighted by atomic mass is 16.7. The Morgan fingerprint density at radius 2 is 1.62 bits per heavy atom. The number of nitrogens with zero attached hydrogens (tertiary/aromatic N) is 2. The van der Waals surface area contributed by atoms with Gasteiger partial charge in [0.1, 0.15) is 41.3 Å². The molecule has 0 aliphatic carbocycles. The van der Waals surface area contributed by atoms with Gasteiger partial charge in [-0.1, -0.05) is 20.8 Å². The van der Waals surface area contributed by atoms with Crippen molar-refractivity contribution in [2.24, 2.45) is 17.8 Å². The van der Waals surface area contributed by atoms with Crippen LogP contribution in [0.2, 0.25) is 0 Å². The molecule has 15 nitrogen and oxygen atoms in total. The zero-order valence-corrected chi connectivity index (χ0v) is 36.9. The third kappa shape index (κ3) is 9.61. The number of nitrogens with one attached hydrogen (secondary N) is 1. The molecule has 4 saturated heterocycles. The van der Waals surface area contributed by atoms with Crippen molar-refractivity contribution in [2.75, 3.05) is 41.3 Å². The second-order valence-electron chi connectivity index (χ2n) is 18.6. The van der Waals surface area contributed by atoms with E-state index in [1.807, 2.05) is 79.4 Å². The average molecular weight is 804 g/mol. The summed E-state index contributed by atoms with van der Waals surface area (Å²) in [6.45, 7) is 21.1. The van der Waals surface area contributed by atoms with Crippen LogP contribution in [0.1, 0.15) is 102 Å². The van der Waals surface area contributed by atoms with Gasteiger partial charge in [-0.15, -0.1) is 0 Å². The third-order valence-corrected chi connectivity index (χ3v) is 13.7. The minimum Gasteiger partial charge on any atom is -0.459 e. The van der Waals surface area contributed by atoms with E-state index in [4.69, 9.17) is 33.2 Å². The number of rotatable bonds is 7. The molecule has 2 unspecified atom stereocenters. The van der Waals surface area contributed by atoms with Crippen LogP contribution in [0.4, 0.5) is 0 Å². The van der Waals surface area contributed by atoms with E-state index in [1.54, 1.807) is 27.9 Å². The summed E-state index contributed by atoms with van der Waals surface area (Å²) in [4.78, 5) is 18.3. The van der Waals surface area contributed by atoms with Gasteiger partial charge in [-0.3, -0.25) is 10.1 Å². The Kier molecular flexibility index (Phi) is 15.6. The molecule has 5 N–H and O–H groups in total. The second kappa shape index (κ2) is 18.3. The molecule has 0 saturated carbocycles. The van der Waals surface area contributed by atoms with Gasteiger partial charge in [-0.25, -0.2) is 0 Å². The van der Waals surface area contributed by atoms with Crippen LogP contribution in [0.15, 0.2) is 0 Å². The van der Waals surface area contributed by atoms with Crippen molar-refractivity contribution in [3.8, 4) is 0 Å². The zero-order chi connectivity index (χ0) is 42.3. The van der Waals surface area contributed by atoms with Gasteiger partial charge in [0.15, 0.2) is 12.6 Å². The van der Waals surface area contributed by atoms with E-state index in [1.165, 1.54) is 6.92 Å². The quantitative estimate of drug-likeness (QED) is 0.237. The number of ether oxygens (including phenoxy) is 7. The first-order chi connectivity index (χ1) is 25.8. The molecule has 0 aromatic carbocycles. The van der Waals surface area contributed by atoms with Gasteiger partial charge in [-0.05, 0) is 102 Å². The van der Waals surface area contributed by atoms with Gasteiger partial charge >= 0.3 is 5.97 Å². The fraction of sp³-hybridized carbons (Fsp3) is 0.976. The smallest absolute Gasteiger partial charge is 0.311 e. The van der Waals surface area contributed by atoms with Gasteiger partial charge in [0, 0.05) is 44.6 Å². The lowest BCUT2D eigenvalue weighted by Gasteiger charge is -2.54. The summed E-state index contributed by atoms with van der Waals surface area (Å²) in [5, 5.41) is 51.0. The van der Waals surface area contributed by atoms with Crippen molar-refractivity contribution >= 4 is 5.97 Å². The summed E-state index contributed by atoms with van der Waals surface area (Å²) >= 11 is 0. The minimum absolute atomic E-state index is 0.135. The van der Waals surface area contributed by atoms with Gasteiger partial charge in [-0.2, -0.15) is 0 Å². The van der Waals surface area contributed by atoms with E-state index >= 15 is 0 Å². The molecule has 15 heteroatoms. The summed E-state index contributed by atoms with van der Waals surface area (Å²) in [7, 11) is 7.29. The van der Waals surface area contributed by atoms with Gasteiger partial charge < -0.3 is 63.4 Å². The molecule has 4 rings (SSSR count). The average Bonchev–Trinajstić information content (AvgIpc) is 3.52. The highest BCUT2D eigenvalue weighted by Gasteiger charge is 2.62. The molecule has 0 radical (unpaired) electrons. The first-order valence-electron chi connectivity index (χ1n) is 20.8. The van der Waals surface area contributed by atoms with Crippen LogP contribution in [0.25, 0.3) is 0 Å². The molecule has 0 aromatic rings. The first-order valence-corrected chi connectivity index (χ1v) is 20.8. The Bertz CT molecular complexity index is 1290. The van der Waals surface area contributed by atoms with E-state index < -0.39 is 95.5 Å². The molecular weight excluding hydrogens is 726 g/mol. The van der Waals surface area contributed by atoms with E-state index in [2.05, 4.69) is 5.32 Å². The van der Waals surface area contributed by atoms with Crippen molar-refractivity contribution < 1.29 is 58.4 Å². The normalized spacial score (nSPS) is 50.8. The fourth-order valence-electron chi connectivity index (χ4n) is 10.0. The number of cyclic esters (lactones) is 1. The summed E-state index contributed by atoms with van der Waals surface area (Å²) in [6, 6.07) is -0.798. The molecule has 19 atom stereocenters. The van der Waals surface area contributed by atoms with E-state index in [9.17, 15) is 25.2 Å². The molecule has 4 aliphatic rings. The largest absolute Gasteiger partial charge is 0.459 e. The second-order valence-corrected chi connectivity index (χ2v) is 18.6. The summed E-state index contributed by atoms with van der Waals surface area (Å²) in [6.07, 6.45) is -7.01. The molecular formula is C41H77N3O12. The maximum atomic E-state index is 14.4. The van der Waals surface area contributed by atoms with Crippen LogP contribution >= 0.6 is 0 Å². The lowest BCUT2D eigenvalue weighted by Crippen LogP contribution is -2.68. The minimum atomic E-state index is -1.79. The predicted octanol–water partition coefficient (Wildman–Crippen LogP) is 2.24. The molecule has 0 amide bonds. The SMILES string of the molecule is CC[C@H]1OC(=O)[C@H](C)[C@@H](OC2C[C@@](C)(OC)[C@]3(CNC(C)O3)[C@H](C)O2)[C@H](C)[C@@H](O[C@@H]2O[C@H](C)C[C@H](N(C)C)[C@H]2O)[C@](C)(O)C[C@@H](C)CN(C)[C@H](C)[C@@H](O)[C@]1(C)O. The number of esters is 1. The summed E-state index contributed by atoms with van der Waals surface area (Å²) in [5.41, 5.74) is -5.02. The van der Waals surface area contributed by atoms with Crippen molar-refractivity contribution in [1.82, 2.24) is 15.1 Å². The number of carbonyl (C=O) groups excluding carboxylic acids is 1. The monoisotopic (exact) mass is 804 g/mol. The molecule has 4 fully saturated rings. The van der Waals surface area contributed by atoms with Gasteiger partial charge in [0.05, 0.1) is 35.9 Å². The Balaban J connectivity index is 1.82. The molecule has 328 valence electrons. The number of carbonyl (C=O) groups is 1. The molecule has 56 heavy (non-hydrogen) atoms. The Labute approximate surface area is 336 Å². The maximum Gasteiger partial charge on any atom is 0.311 e. The first kappa shape index (κ1) is 47.6. The van der Waals surface area contributed by atoms with Crippen LogP contribution in [0, 0.1) is 17.8 Å². The predicted molar refractivity (Wildman–Crippen MR) is 209 cm³/mol. The Morgan fingerprint density at radius 3 is 2.18 bits per heavy atom. The van der Waals surface area contributed by atoms with E-state index in [0.29, 0.717) is 19.5 Å². The van der Waals surface area contributed by atoms with Crippen LogP contribution in [-0.4, -0.2) is 174 Å². The highest BCUT2D eigenvalue weighted by molar-refractivity contribution is 5.73. The fourth-order valence-corrected chi connectivity index (χ4v) is 10.0. The molecule has 0 bridgehead atoms.